The molecule has 272 valence electrons. The van der Waals surface area contributed by atoms with Crippen molar-refractivity contribution < 1.29 is 9.90 Å². The highest BCUT2D eigenvalue weighted by Gasteiger charge is 2.19. The van der Waals surface area contributed by atoms with Gasteiger partial charge in [0.25, 0.3) is 0 Å². The molecule has 0 unspecified atom stereocenters. The fraction of sp³-hybridized carbons (Fsp3) is 0. The molecule has 2 heteroatoms. The van der Waals surface area contributed by atoms with Gasteiger partial charge in [0.15, 0.2) is 0 Å². The second kappa shape index (κ2) is 14.1. The monoisotopic (exact) mass is 743 g/mol. The van der Waals surface area contributed by atoms with Gasteiger partial charge in [-0.2, -0.15) is 0 Å². The van der Waals surface area contributed by atoms with E-state index in [4.69, 9.17) is 4.42 Å². The molecule has 0 aliphatic carbocycles. The van der Waals surface area contributed by atoms with Crippen LogP contribution >= 0.6 is 0 Å². The molecule has 11 rings (SSSR count). The van der Waals surface area contributed by atoms with Gasteiger partial charge in [0.1, 0.15) is 11.2 Å². The van der Waals surface area contributed by atoms with Crippen molar-refractivity contribution in [2.75, 3.05) is 4.90 Å². The maximum atomic E-state index is 9.66. The number of fused-ring (bicyclic) bond motifs is 6. The van der Waals surface area contributed by atoms with Crippen molar-refractivity contribution in [2.24, 2.45) is 0 Å². The van der Waals surface area contributed by atoms with Crippen LogP contribution in [-0.4, -0.2) is 0 Å². The first-order valence-electron chi connectivity index (χ1n) is 21.5. The third-order valence-corrected chi connectivity index (χ3v) is 11.2. The van der Waals surface area contributed by atoms with E-state index in [1.54, 1.807) is 0 Å². The Bertz CT molecular complexity index is 3470. The van der Waals surface area contributed by atoms with E-state index < -0.39 is 0 Å². The van der Waals surface area contributed by atoms with Crippen LogP contribution in [0.25, 0.3) is 88.0 Å². The first-order valence-corrected chi connectivity index (χ1v) is 19.5. The smallest absolute Gasteiger partial charge is 0.143 e. The Hall–Kier alpha value is -7.68. The van der Waals surface area contributed by atoms with Gasteiger partial charge < -0.3 is 9.32 Å². The predicted octanol–water partition coefficient (Wildman–Crippen LogP) is 16.0. The highest BCUT2D eigenvalue weighted by Crippen LogP contribution is 2.44. The molecule has 2 nitrogen and oxygen atoms in total. The SMILES string of the molecule is [2H]c1c([2H])c(N(c2ccc(-c3cccc4ccccc34)cc2)c2ccccc2-c2ccc3c(ccc4c5ccccc5oc34)c2)c([2H])c([2H])c1-c1ccc(-c2ccccc2)cc1. The Kier molecular flexibility index (Phi) is 7.20. The summed E-state index contributed by atoms with van der Waals surface area (Å²) in [6.45, 7) is 0. The molecule has 0 spiro atoms. The number of hydrogen-bond donors (Lipinski definition) is 0. The van der Waals surface area contributed by atoms with Crippen molar-refractivity contribution in [1.29, 1.82) is 0 Å². The summed E-state index contributed by atoms with van der Waals surface area (Å²) in [5.41, 5.74) is 10.2. The van der Waals surface area contributed by atoms with Crippen LogP contribution in [0.3, 0.4) is 0 Å². The minimum Gasteiger partial charge on any atom is -0.455 e. The van der Waals surface area contributed by atoms with E-state index in [1.165, 1.54) is 0 Å². The van der Waals surface area contributed by atoms with Crippen LogP contribution < -0.4 is 4.90 Å². The number of furan rings is 1. The average molecular weight is 744 g/mol. The van der Waals surface area contributed by atoms with Crippen LogP contribution in [0.2, 0.25) is 0 Å². The first-order chi connectivity index (χ1) is 30.4. The van der Waals surface area contributed by atoms with Gasteiger partial charge in [-0.1, -0.05) is 170 Å². The first kappa shape index (κ1) is 29.6. The number of rotatable bonds is 7. The van der Waals surface area contributed by atoms with Gasteiger partial charge in [-0.05, 0) is 110 Å². The topological polar surface area (TPSA) is 16.4 Å². The summed E-state index contributed by atoms with van der Waals surface area (Å²) >= 11 is 0. The summed E-state index contributed by atoms with van der Waals surface area (Å²) in [5.74, 6) is 0. The van der Waals surface area contributed by atoms with Crippen LogP contribution in [0.15, 0.2) is 229 Å². The largest absolute Gasteiger partial charge is 0.455 e. The molecular formula is C56H37NO. The minimum atomic E-state index is -0.133. The fourth-order valence-corrected chi connectivity index (χ4v) is 8.27. The standard InChI is InChI=1S/C56H37NO/c1-2-11-38(12-3-1)39-21-23-40(24-22-39)41-25-31-46(32-26-41)57(47-33-27-43(28-34-47)49-18-10-14-42-13-4-5-15-48(42)49)54-19-8-6-16-50(54)44-29-35-51-45(37-44)30-36-53-52-17-7-9-20-55(52)58-56(51)53/h1-37H/i25D,26D,31D,32D. The molecule has 1 heterocycles. The van der Waals surface area contributed by atoms with Crippen LogP contribution in [0.5, 0.6) is 0 Å². The van der Waals surface area contributed by atoms with E-state index in [-0.39, 0.29) is 35.4 Å². The number of anilines is 3. The molecule has 0 atom stereocenters. The lowest BCUT2D eigenvalue weighted by molar-refractivity contribution is 0.672. The van der Waals surface area contributed by atoms with Crippen molar-refractivity contribution in [3.05, 3.63) is 224 Å². The highest BCUT2D eigenvalue weighted by atomic mass is 16.3. The quantitative estimate of drug-likeness (QED) is 0.162. The molecule has 0 saturated heterocycles. The third-order valence-electron chi connectivity index (χ3n) is 11.2. The third kappa shape index (κ3) is 5.91. The zero-order valence-corrected chi connectivity index (χ0v) is 31.4. The summed E-state index contributed by atoms with van der Waals surface area (Å²) in [7, 11) is 0. The normalized spacial score (nSPS) is 12.4. The molecule has 0 aliphatic rings. The number of hydrogen-bond acceptors (Lipinski definition) is 2. The predicted molar refractivity (Wildman–Crippen MR) is 245 cm³/mol. The van der Waals surface area contributed by atoms with Gasteiger partial charge in [-0.15, -0.1) is 0 Å². The molecule has 0 aliphatic heterocycles. The van der Waals surface area contributed by atoms with Gasteiger partial charge in [0.2, 0.25) is 0 Å². The van der Waals surface area contributed by atoms with E-state index in [1.807, 2.05) is 120 Å². The Morgan fingerprint density at radius 3 is 1.78 bits per heavy atom. The van der Waals surface area contributed by atoms with Crippen molar-refractivity contribution in [2.45, 2.75) is 0 Å². The molecule has 1 aromatic heterocycles. The van der Waals surface area contributed by atoms with Crippen molar-refractivity contribution >= 4 is 60.5 Å². The van der Waals surface area contributed by atoms with Crippen LogP contribution in [0.4, 0.5) is 17.1 Å². The van der Waals surface area contributed by atoms with Crippen LogP contribution in [0, 0.1) is 0 Å². The average Bonchev–Trinajstić information content (AvgIpc) is 3.72. The van der Waals surface area contributed by atoms with E-state index in [0.717, 1.165) is 82.6 Å². The molecule has 58 heavy (non-hydrogen) atoms. The van der Waals surface area contributed by atoms with Gasteiger partial charge in [-0.25, -0.2) is 0 Å². The Morgan fingerprint density at radius 1 is 0.345 bits per heavy atom. The molecule has 0 amide bonds. The van der Waals surface area contributed by atoms with Crippen molar-refractivity contribution in [3.63, 3.8) is 0 Å². The summed E-state index contributed by atoms with van der Waals surface area (Å²) in [6.07, 6.45) is 0. The second-order valence-electron chi connectivity index (χ2n) is 14.6. The molecule has 0 saturated carbocycles. The number of benzene rings is 10. The second-order valence-corrected chi connectivity index (χ2v) is 14.6. The molecule has 11 aromatic rings. The lowest BCUT2D eigenvalue weighted by Crippen LogP contribution is -2.11. The van der Waals surface area contributed by atoms with Crippen LogP contribution in [-0.2, 0) is 0 Å². The molecule has 10 aromatic carbocycles. The lowest BCUT2D eigenvalue weighted by Gasteiger charge is -2.28. The maximum absolute atomic E-state index is 9.66. The fourth-order valence-electron chi connectivity index (χ4n) is 8.27. The summed E-state index contributed by atoms with van der Waals surface area (Å²) < 4.78 is 44.6. The van der Waals surface area contributed by atoms with E-state index in [9.17, 15) is 5.48 Å². The van der Waals surface area contributed by atoms with Crippen molar-refractivity contribution in [1.82, 2.24) is 0 Å². The summed E-state index contributed by atoms with van der Waals surface area (Å²) in [5, 5.41) is 6.47. The molecular weight excluding hydrogens is 703 g/mol. The van der Waals surface area contributed by atoms with Gasteiger partial charge in [0.05, 0.1) is 11.2 Å². The Morgan fingerprint density at radius 2 is 0.948 bits per heavy atom. The van der Waals surface area contributed by atoms with Crippen LogP contribution in [0.1, 0.15) is 5.48 Å². The van der Waals surface area contributed by atoms with E-state index in [2.05, 4.69) is 84.9 Å². The number of para-hydroxylation sites is 2. The zero-order chi connectivity index (χ0) is 41.9. The Labute approximate surface area is 343 Å². The molecule has 0 bridgehead atoms. The summed E-state index contributed by atoms with van der Waals surface area (Å²) in [4.78, 5) is 1.89. The van der Waals surface area contributed by atoms with E-state index >= 15 is 0 Å². The molecule has 0 N–H and O–H groups in total. The number of nitrogens with zero attached hydrogens (tertiary/aromatic N) is 1. The van der Waals surface area contributed by atoms with E-state index in [0.29, 0.717) is 11.3 Å². The lowest BCUT2D eigenvalue weighted by atomic mass is 9.96. The Balaban J connectivity index is 1.08. The minimum absolute atomic E-state index is 0.108. The molecule has 0 fully saturated rings. The highest BCUT2D eigenvalue weighted by molar-refractivity contribution is 6.15. The summed E-state index contributed by atoms with van der Waals surface area (Å²) in [6, 6.07) is 66.7. The zero-order valence-electron chi connectivity index (χ0n) is 35.4. The van der Waals surface area contributed by atoms with Crippen molar-refractivity contribution in [3.8, 4) is 44.5 Å². The van der Waals surface area contributed by atoms with Gasteiger partial charge in [-0.3, -0.25) is 0 Å². The van der Waals surface area contributed by atoms with Gasteiger partial charge in [0, 0.05) is 33.1 Å². The van der Waals surface area contributed by atoms with Gasteiger partial charge >= 0.3 is 0 Å². The maximum Gasteiger partial charge on any atom is 0.143 e. The molecule has 0 radical (unpaired) electrons.